The zero-order valence-corrected chi connectivity index (χ0v) is 22.2. The smallest absolute Gasteiger partial charge is 0.307 e. The summed E-state index contributed by atoms with van der Waals surface area (Å²) in [6, 6.07) is 0. The highest BCUT2D eigenvalue weighted by Gasteiger charge is 2.68. The van der Waals surface area contributed by atoms with Crippen LogP contribution in [0.1, 0.15) is 106 Å². The zero-order valence-electron chi connectivity index (χ0n) is 22.2. The van der Waals surface area contributed by atoms with E-state index in [0.717, 1.165) is 32.1 Å². The number of rotatable bonds is 1. The van der Waals surface area contributed by atoms with Crippen LogP contribution < -0.4 is 0 Å². The van der Waals surface area contributed by atoms with Crippen LogP contribution in [-0.4, -0.2) is 22.3 Å². The highest BCUT2D eigenvalue weighted by atomic mass is 16.4. The number of allylic oxidation sites excluding steroid dienone is 2. The summed E-state index contributed by atoms with van der Waals surface area (Å²) in [5, 5.41) is 21.2. The van der Waals surface area contributed by atoms with Crippen LogP contribution in [0.3, 0.4) is 0 Å². The van der Waals surface area contributed by atoms with Crippen LogP contribution in [0, 0.1) is 56.7 Å². The van der Waals surface area contributed by atoms with E-state index in [9.17, 15) is 15.0 Å². The number of fused-ring (bicyclic) bond motifs is 7. The maximum absolute atomic E-state index is 12.6. The molecule has 0 saturated heterocycles. The van der Waals surface area contributed by atoms with Crippen molar-refractivity contribution >= 4 is 5.97 Å². The highest BCUT2D eigenvalue weighted by molar-refractivity contribution is 5.72. The molecule has 0 bridgehead atoms. The Kier molecular flexibility index (Phi) is 5.15. The number of hydrogen-bond donors (Lipinski definition) is 2. The van der Waals surface area contributed by atoms with Crippen molar-refractivity contribution in [2.45, 2.75) is 112 Å². The summed E-state index contributed by atoms with van der Waals surface area (Å²) in [5.74, 6) is 0.785. The van der Waals surface area contributed by atoms with Crippen LogP contribution in [0.4, 0.5) is 0 Å². The van der Waals surface area contributed by atoms with Crippen molar-refractivity contribution in [3.8, 4) is 0 Å². The summed E-state index contributed by atoms with van der Waals surface area (Å²) in [7, 11) is 0. The molecule has 0 aliphatic heterocycles. The van der Waals surface area contributed by atoms with Gasteiger partial charge in [-0.2, -0.15) is 0 Å². The third-order valence-electron chi connectivity index (χ3n) is 13.2. The van der Waals surface area contributed by atoms with Crippen LogP contribution in [0.25, 0.3) is 0 Å². The maximum Gasteiger partial charge on any atom is 0.307 e. The standard InChI is InChI=1S/C30H48O3/c1-18-10-13-27(4)16-17-29(6)19(24(27)23(18)25(32)33)8-9-21-28(5)14-12-22(31)26(2,3)20(28)11-15-30(21,29)7/h8,18,20-24,31H,9-17H2,1-7H3,(H,32,33)/t18-,20?,21?,22?,23?,24?,27?,28+,29-,30-/m1/s1. The molecule has 4 fully saturated rings. The first kappa shape index (κ1) is 23.9. The molecule has 33 heavy (non-hydrogen) atoms. The largest absolute Gasteiger partial charge is 0.481 e. The molecule has 3 heteroatoms. The SMILES string of the molecule is C[C@@H]1CCC2(C)CC[C@]3(C)C(=CCC4[C@@]5(C)CCC(O)C(C)(C)C5CC[C@]43C)C2C1C(=O)O. The minimum absolute atomic E-state index is 0.0302. The Morgan fingerprint density at radius 1 is 0.909 bits per heavy atom. The Balaban J connectivity index is 1.61. The summed E-state index contributed by atoms with van der Waals surface area (Å²) in [5.41, 5.74) is 2.14. The van der Waals surface area contributed by atoms with Gasteiger partial charge in [0, 0.05) is 0 Å². The molecule has 0 heterocycles. The average molecular weight is 457 g/mol. The van der Waals surface area contributed by atoms with Crippen molar-refractivity contribution < 1.29 is 15.0 Å². The first-order chi connectivity index (χ1) is 15.2. The van der Waals surface area contributed by atoms with E-state index < -0.39 is 5.97 Å². The first-order valence-corrected chi connectivity index (χ1v) is 13.8. The van der Waals surface area contributed by atoms with E-state index in [1.807, 2.05) is 0 Å². The number of carboxylic acids is 1. The lowest BCUT2D eigenvalue weighted by atomic mass is 9.33. The van der Waals surface area contributed by atoms with E-state index in [4.69, 9.17) is 0 Å². The van der Waals surface area contributed by atoms with E-state index in [2.05, 4.69) is 54.5 Å². The van der Waals surface area contributed by atoms with E-state index in [0.29, 0.717) is 11.8 Å². The molecule has 0 aromatic rings. The first-order valence-electron chi connectivity index (χ1n) is 13.8. The molecule has 0 aromatic carbocycles. The predicted molar refractivity (Wildman–Crippen MR) is 133 cm³/mol. The van der Waals surface area contributed by atoms with Gasteiger partial charge in [-0.25, -0.2) is 0 Å². The number of aliphatic hydroxyl groups excluding tert-OH is 1. The molecule has 0 aromatic heterocycles. The zero-order chi connectivity index (χ0) is 24.2. The molecule has 0 radical (unpaired) electrons. The van der Waals surface area contributed by atoms with Crippen molar-refractivity contribution in [2.75, 3.05) is 0 Å². The molecule has 186 valence electrons. The van der Waals surface area contributed by atoms with Gasteiger partial charge in [0.2, 0.25) is 0 Å². The molecular formula is C30H48O3. The van der Waals surface area contributed by atoms with Gasteiger partial charge in [-0.05, 0) is 109 Å². The number of aliphatic hydroxyl groups is 1. The van der Waals surface area contributed by atoms with Crippen molar-refractivity contribution in [3.63, 3.8) is 0 Å². The minimum atomic E-state index is -0.575. The summed E-state index contributed by atoms with van der Waals surface area (Å²) < 4.78 is 0. The summed E-state index contributed by atoms with van der Waals surface area (Å²) in [6.07, 6.45) is 12.5. The third kappa shape index (κ3) is 2.87. The fourth-order valence-electron chi connectivity index (χ4n) is 10.9. The summed E-state index contributed by atoms with van der Waals surface area (Å²) >= 11 is 0. The highest BCUT2D eigenvalue weighted by Crippen LogP contribution is 2.75. The second-order valence-electron chi connectivity index (χ2n) is 14.7. The molecular weight excluding hydrogens is 408 g/mol. The van der Waals surface area contributed by atoms with Crippen molar-refractivity contribution in [1.29, 1.82) is 0 Å². The molecule has 0 spiro atoms. The molecule has 4 saturated carbocycles. The third-order valence-corrected chi connectivity index (χ3v) is 13.2. The Morgan fingerprint density at radius 3 is 2.27 bits per heavy atom. The van der Waals surface area contributed by atoms with Gasteiger partial charge in [0.1, 0.15) is 0 Å². The van der Waals surface area contributed by atoms with Gasteiger partial charge in [0.05, 0.1) is 12.0 Å². The summed E-state index contributed by atoms with van der Waals surface area (Å²) in [6.45, 7) is 16.8. The van der Waals surface area contributed by atoms with Crippen LogP contribution in [0.15, 0.2) is 11.6 Å². The second-order valence-corrected chi connectivity index (χ2v) is 14.7. The maximum atomic E-state index is 12.6. The fourth-order valence-corrected chi connectivity index (χ4v) is 10.9. The van der Waals surface area contributed by atoms with Crippen molar-refractivity contribution in [2.24, 2.45) is 56.7 Å². The molecule has 6 unspecified atom stereocenters. The number of hydrogen-bond acceptors (Lipinski definition) is 2. The van der Waals surface area contributed by atoms with Gasteiger partial charge in [-0.3, -0.25) is 4.79 Å². The van der Waals surface area contributed by atoms with Crippen LogP contribution >= 0.6 is 0 Å². The van der Waals surface area contributed by atoms with Crippen LogP contribution in [-0.2, 0) is 4.79 Å². The van der Waals surface area contributed by atoms with Crippen LogP contribution in [0.2, 0.25) is 0 Å². The Hall–Kier alpha value is -0.830. The van der Waals surface area contributed by atoms with E-state index in [-0.39, 0.29) is 50.9 Å². The van der Waals surface area contributed by atoms with Gasteiger partial charge >= 0.3 is 5.97 Å². The topological polar surface area (TPSA) is 57.5 Å². The van der Waals surface area contributed by atoms with E-state index in [1.54, 1.807) is 0 Å². The number of carboxylic acid groups (broad SMARTS) is 1. The number of carbonyl (C=O) groups is 1. The van der Waals surface area contributed by atoms with E-state index in [1.165, 1.54) is 31.3 Å². The quantitative estimate of drug-likeness (QED) is 0.414. The Labute approximate surface area is 201 Å². The van der Waals surface area contributed by atoms with Crippen LogP contribution in [0.5, 0.6) is 0 Å². The van der Waals surface area contributed by atoms with Gasteiger partial charge in [0.15, 0.2) is 0 Å². The lowest BCUT2D eigenvalue weighted by Crippen LogP contribution is -2.65. The monoisotopic (exact) mass is 456 g/mol. The van der Waals surface area contributed by atoms with E-state index >= 15 is 0 Å². The lowest BCUT2D eigenvalue weighted by Gasteiger charge is -2.71. The van der Waals surface area contributed by atoms with Gasteiger partial charge < -0.3 is 10.2 Å². The van der Waals surface area contributed by atoms with Gasteiger partial charge in [0.25, 0.3) is 0 Å². The molecule has 3 nitrogen and oxygen atoms in total. The number of aliphatic carboxylic acids is 1. The average Bonchev–Trinajstić information content (AvgIpc) is 2.72. The Morgan fingerprint density at radius 2 is 1.61 bits per heavy atom. The molecule has 2 N–H and O–H groups in total. The molecule has 5 rings (SSSR count). The summed E-state index contributed by atoms with van der Waals surface area (Å²) in [4.78, 5) is 12.6. The van der Waals surface area contributed by atoms with Crippen molar-refractivity contribution in [1.82, 2.24) is 0 Å². The lowest BCUT2D eigenvalue weighted by molar-refractivity contribution is -0.204. The predicted octanol–water partition coefficient (Wildman–Crippen LogP) is 7.09. The fraction of sp³-hybridized carbons (Fsp3) is 0.900. The van der Waals surface area contributed by atoms with Gasteiger partial charge in [-0.15, -0.1) is 0 Å². The minimum Gasteiger partial charge on any atom is -0.481 e. The molecule has 10 atom stereocenters. The molecule has 0 amide bonds. The van der Waals surface area contributed by atoms with Gasteiger partial charge in [-0.1, -0.05) is 60.1 Å². The molecule has 5 aliphatic carbocycles. The van der Waals surface area contributed by atoms with Crippen molar-refractivity contribution in [3.05, 3.63) is 11.6 Å². The normalized spacial score (nSPS) is 55.3. The second kappa shape index (κ2) is 7.11. The molecule has 5 aliphatic rings. The Bertz CT molecular complexity index is 874.